The molecule has 0 N–H and O–H groups in total. The van der Waals surface area contributed by atoms with Crippen LogP contribution in [-0.4, -0.2) is 6.29 Å². The van der Waals surface area contributed by atoms with Crippen molar-refractivity contribution in [3.05, 3.63) is 47.5 Å². The summed E-state index contributed by atoms with van der Waals surface area (Å²) in [6.45, 7) is 7.95. The molecule has 0 bridgehead atoms. The highest BCUT2D eigenvalue weighted by Crippen LogP contribution is 2.25. The van der Waals surface area contributed by atoms with E-state index in [2.05, 4.69) is 31.7 Å². The molecule has 74 valence electrons. The summed E-state index contributed by atoms with van der Waals surface area (Å²) in [6.07, 6.45) is 1.49. The lowest BCUT2D eigenvalue weighted by Crippen LogP contribution is -2.00. The second kappa shape index (κ2) is 4.75. The highest BCUT2D eigenvalue weighted by atomic mass is 16.1. The molecular formula is C13H16O. The first-order chi connectivity index (χ1) is 6.65. The van der Waals surface area contributed by atoms with Crippen LogP contribution >= 0.6 is 0 Å². The minimum Gasteiger partial charge on any atom is -0.303 e. The Morgan fingerprint density at radius 1 is 1.57 bits per heavy atom. The highest BCUT2D eigenvalue weighted by Gasteiger charge is 2.11. The van der Waals surface area contributed by atoms with E-state index in [1.54, 1.807) is 0 Å². The topological polar surface area (TPSA) is 17.1 Å². The van der Waals surface area contributed by atoms with Crippen molar-refractivity contribution in [2.45, 2.75) is 26.2 Å². The maximum absolute atomic E-state index is 10.5. The zero-order valence-electron chi connectivity index (χ0n) is 8.79. The number of allylic oxidation sites excluding steroid dienone is 1. The lowest BCUT2D eigenvalue weighted by atomic mass is 9.90. The Bertz CT molecular complexity index is 339. The van der Waals surface area contributed by atoms with Gasteiger partial charge in [0.2, 0.25) is 0 Å². The number of rotatable bonds is 4. The van der Waals surface area contributed by atoms with Gasteiger partial charge in [-0.15, -0.1) is 0 Å². The summed E-state index contributed by atoms with van der Waals surface area (Å²) in [5.74, 6) is 0.174. The SMILES string of the molecule is C=C(C)C(CC=O)c1cccc(C)c1. The summed E-state index contributed by atoms with van der Waals surface area (Å²) >= 11 is 0. The molecule has 1 rings (SSSR count). The average molecular weight is 188 g/mol. The lowest BCUT2D eigenvalue weighted by Gasteiger charge is -2.14. The Kier molecular flexibility index (Phi) is 3.63. The number of carbonyl (C=O) groups is 1. The van der Waals surface area contributed by atoms with Crippen LogP contribution in [0.5, 0.6) is 0 Å². The molecule has 0 fully saturated rings. The van der Waals surface area contributed by atoms with Gasteiger partial charge in [-0.3, -0.25) is 0 Å². The molecular weight excluding hydrogens is 172 g/mol. The minimum atomic E-state index is 0.174. The van der Waals surface area contributed by atoms with Crippen molar-refractivity contribution < 1.29 is 4.79 Å². The van der Waals surface area contributed by atoms with E-state index in [0.29, 0.717) is 6.42 Å². The molecule has 0 spiro atoms. The average Bonchev–Trinajstić information content (AvgIpc) is 2.13. The Morgan fingerprint density at radius 3 is 2.79 bits per heavy atom. The molecule has 0 aliphatic carbocycles. The monoisotopic (exact) mass is 188 g/mol. The maximum atomic E-state index is 10.5. The van der Waals surface area contributed by atoms with Crippen LogP contribution in [0.3, 0.4) is 0 Å². The molecule has 14 heavy (non-hydrogen) atoms. The Morgan fingerprint density at radius 2 is 2.29 bits per heavy atom. The summed E-state index contributed by atoms with van der Waals surface area (Å²) in [5, 5.41) is 0. The van der Waals surface area contributed by atoms with E-state index in [9.17, 15) is 4.79 Å². The van der Waals surface area contributed by atoms with Gasteiger partial charge in [0.25, 0.3) is 0 Å². The molecule has 1 unspecified atom stereocenters. The van der Waals surface area contributed by atoms with Crippen LogP contribution in [0, 0.1) is 6.92 Å². The molecule has 0 heterocycles. The first kappa shape index (κ1) is 10.7. The number of carbonyl (C=O) groups excluding carboxylic acids is 1. The maximum Gasteiger partial charge on any atom is 0.120 e. The number of hydrogen-bond acceptors (Lipinski definition) is 1. The fourth-order valence-electron chi connectivity index (χ4n) is 1.60. The van der Waals surface area contributed by atoms with E-state index < -0.39 is 0 Å². The largest absolute Gasteiger partial charge is 0.303 e. The summed E-state index contributed by atoms with van der Waals surface area (Å²) in [4.78, 5) is 10.5. The van der Waals surface area contributed by atoms with Gasteiger partial charge in [-0.05, 0) is 19.4 Å². The number of aldehydes is 1. The van der Waals surface area contributed by atoms with Crippen molar-refractivity contribution in [1.29, 1.82) is 0 Å². The predicted molar refractivity (Wildman–Crippen MR) is 59.4 cm³/mol. The Labute approximate surface area is 85.5 Å². The van der Waals surface area contributed by atoms with Crippen LogP contribution < -0.4 is 0 Å². The quantitative estimate of drug-likeness (QED) is 0.523. The Hall–Kier alpha value is -1.37. The normalized spacial score (nSPS) is 12.1. The van der Waals surface area contributed by atoms with Gasteiger partial charge in [0.1, 0.15) is 6.29 Å². The lowest BCUT2D eigenvalue weighted by molar-refractivity contribution is -0.108. The van der Waals surface area contributed by atoms with Crippen LogP contribution in [0.1, 0.15) is 30.4 Å². The third-order valence-electron chi connectivity index (χ3n) is 2.37. The van der Waals surface area contributed by atoms with Crippen molar-refractivity contribution in [2.24, 2.45) is 0 Å². The van der Waals surface area contributed by atoms with E-state index in [-0.39, 0.29) is 5.92 Å². The molecule has 0 saturated heterocycles. The summed E-state index contributed by atoms with van der Waals surface area (Å²) in [7, 11) is 0. The standard InChI is InChI=1S/C13H16O/c1-10(2)13(7-8-14)12-6-4-5-11(3)9-12/h4-6,8-9,13H,1,7H2,2-3H3. The van der Waals surface area contributed by atoms with Crippen molar-refractivity contribution >= 4 is 6.29 Å². The summed E-state index contributed by atoms with van der Waals surface area (Å²) < 4.78 is 0. The summed E-state index contributed by atoms with van der Waals surface area (Å²) in [5.41, 5.74) is 3.45. The zero-order valence-corrected chi connectivity index (χ0v) is 8.79. The van der Waals surface area contributed by atoms with Gasteiger partial charge in [-0.2, -0.15) is 0 Å². The van der Waals surface area contributed by atoms with Crippen molar-refractivity contribution in [3.63, 3.8) is 0 Å². The van der Waals surface area contributed by atoms with Crippen LogP contribution in [0.4, 0.5) is 0 Å². The van der Waals surface area contributed by atoms with Crippen molar-refractivity contribution in [3.8, 4) is 0 Å². The molecule has 0 amide bonds. The smallest absolute Gasteiger partial charge is 0.120 e. The fraction of sp³-hybridized carbons (Fsp3) is 0.308. The Balaban J connectivity index is 2.98. The highest BCUT2D eigenvalue weighted by molar-refractivity contribution is 5.53. The van der Waals surface area contributed by atoms with Gasteiger partial charge in [0, 0.05) is 12.3 Å². The van der Waals surface area contributed by atoms with Gasteiger partial charge >= 0.3 is 0 Å². The van der Waals surface area contributed by atoms with Crippen LogP contribution in [0.2, 0.25) is 0 Å². The first-order valence-corrected chi connectivity index (χ1v) is 4.80. The van der Waals surface area contributed by atoms with Gasteiger partial charge < -0.3 is 4.79 Å². The van der Waals surface area contributed by atoms with E-state index in [4.69, 9.17) is 0 Å². The van der Waals surface area contributed by atoms with Crippen molar-refractivity contribution in [1.82, 2.24) is 0 Å². The molecule has 1 aromatic rings. The second-order valence-corrected chi connectivity index (χ2v) is 3.72. The van der Waals surface area contributed by atoms with E-state index in [1.165, 1.54) is 11.1 Å². The van der Waals surface area contributed by atoms with Gasteiger partial charge in [-0.1, -0.05) is 42.0 Å². The molecule has 1 atom stereocenters. The van der Waals surface area contributed by atoms with E-state index >= 15 is 0 Å². The second-order valence-electron chi connectivity index (χ2n) is 3.72. The summed E-state index contributed by atoms with van der Waals surface area (Å²) in [6, 6.07) is 8.24. The zero-order chi connectivity index (χ0) is 10.6. The third kappa shape index (κ3) is 2.56. The molecule has 1 heteroatoms. The molecule has 1 nitrogen and oxygen atoms in total. The predicted octanol–water partition coefficient (Wildman–Crippen LogP) is 3.24. The van der Waals surface area contributed by atoms with Crippen LogP contribution in [0.15, 0.2) is 36.4 Å². The van der Waals surface area contributed by atoms with Crippen molar-refractivity contribution in [2.75, 3.05) is 0 Å². The molecule has 0 radical (unpaired) electrons. The van der Waals surface area contributed by atoms with Gasteiger partial charge in [0.15, 0.2) is 0 Å². The molecule has 1 aromatic carbocycles. The number of benzene rings is 1. The van der Waals surface area contributed by atoms with Gasteiger partial charge in [-0.25, -0.2) is 0 Å². The van der Waals surface area contributed by atoms with Gasteiger partial charge in [0.05, 0.1) is 0 Å². The van der Waals surface area contributed by atoms with E-state index in [0.717, 1.165) is 11.9 Å². The molecule has 0 aliphatic heterocycles. The fourth-order valence-corrected chi connectivity index (χ4v) is 1.60. The third-order valence-corrected chi connectivity index (χ3v) is 2.37. The van der Waals surface area contributed by atoms with Crippen LogP contribution in [-0.2, 0) is 4.79 Å². The molecule has 0 aromatic heterocycles. The number of hydrogen-bond donors (Lipinski definition) is 0. The van der Waals surface area contributed by atoms with Crippen LogP contribution in [0.25, 0.3) is 0 Å². The van der Waals surface area contributed by atoms with E-state index in [1.807, 2.05) is 13.0 Å². The minimum absolute atomic E-state index is 0.174. The number of aryl methyl sites for hydroxylation is 1. The molecule has 0 saturated carbocycles. The molecule has 0 aliphatic rings. The first-order valence-electron chi connectivity index (χ1n) is 4.80.